The van der Waals surface area contributed by atoms with E-state index in [0.717, 1.165) is 24.8 Å². The average molecular weight is 231 g/mol. The zero-order valence-corrected chi connectivity index (χ0v) is 10.4. The molecule has 0 spiro atoms. The molecule has 0 amide bonds. The number of hydrogen-bond acceptors (Lipinski definition) is 1. The van der Waals surface area contributed by atoms with Crippen LogP contribution >= 0.6 is 0 Å². The van der Waals surface area contributed by atoms with E-state index in [9.17, 15) is 4.39 Å². The molecule has 2 rings (SSSR count). The Morgan fingerprint density at radius 1 is 1.35 bits per heavy atom. The highest BCUT2D eigenvalue weighted by atomic mass is 19.1. The molecule has 1 fully saturated rings. The molecular formula is C15H18FN. The van der Waals surface area contributed by atoms with Crippen molar-refractivity contribution in [2.75, 3.05) is 0 Å². The van der Waals surface area contributed by atoms with Gasteiger partial charge in [-0.05, 0) is 62.6 Å². The van der Waals surface area contributed by atoms with Gasteiger partial charge in [-0.1, -0.05) is 12.1 Å². The fourth-order valence-corrected chi connectivity index (χ4v) is 2.79. The maximum Gasteiger partial charge on any atom is 0.123 e. The third-order valence-corrected chi connectivity index (χ3v) is 4.06. The standard InChI is InChI=1S/C15H18FN/c1-15(2,10-17)13-7-6-12(8-13)11-4-3-5-14(16)9-11/h3-5,9,12-13H,6-8H2,1-2H3/t12-,13+/m1/s1. The van der Waals surface area contributed by atoms with E-state index < -0.39 is 0 Å². The fourth-order valence-electron chi connectivity index (χ4n) is 2.79. The quantitative estimate of drug-likeness (QED) is 0.746. The molecule has 1 saturated carbocycles. The summed E-state index contributed by atoms with van der Waals surface area (Å²) in [6.45, 7) is 4.01. The minimum Gasteiger partial charge on any atom is -0.207 e. The predicted molar refractivity (Wildman–Crippen MR) is 65.9 cm³/mol. The summed E-state index contributed by atoms with van der Waals surface area (Å²) >= 11 is 0. The molecule has 0 bridgehead atoms. The van der Waals surface area contributed by atoms with E-state index >= 15 is 0 Å². The second-order valence-electron chi connectivity index (χ2n) is 5.60. The lowest BCUT2D eigenvalue weighted by molar-refractivity contribution is 0.297. The molecule has 0 aromatic heterocycles. The molecule has 1 aliphatic carbocycles. The van der Waals surface area contributed by atoms with E-state index in [1.54, 1.807) is 12.1 Å². The van der Waals surface area contributed by atoms with Gasteiger partial charge in [-0.2, -0.15) is 5.26 Å². The van der Waals surface area contributed by atoms with Crippen LogP contribution in [-0.2, 0) is 0 Å². The summed E-state index contributed by atoms with van der Waals surface area (Å²) in [7, 11) is 0. The summed E-state index contributed by atoms with van der Waals surface area (Å²) in [6, 6.07) is 9.27. The first-order valence-electron chi connectivity index (χ1n) is 6.19. The largest absolute Gasteiger partial charge is 0.207 e. The van der Waals surface area contributed by atoms with Gasteiger partial charge in [0.05, 0.1) is 11.5 Å². The second kappa shape index (κ2) is 4.49. The van der Waals surface area contributed by atoms with Crippen LogP contribution in [0.1, 0.15) is 44.6 Å². The van der Waals surface area contributed by atoms with Crippen molar-refractivity contribution >= 4 is 0 Å². The predicted octanol–water partition coefficient (Wildman–Crippen LogP) is 4.26. The van der Waals surface area contributed by atoms with E-state index in [2.05, 4.69) is 6.07 Å². The first-order chi connectivity index (χ1) is 8.03. The van der Waals surface area contributed by atoms with Crippen molar-refractivity contribution in [3.63, 3.8) is 0 Å². The molecule has 0 heterocycles. The molecule has 0 aliphatic heterocycles. The zero-order chi connectivity index (χ0) is 12.5. The number of rotatable bonds is 2. The van der Waals surface area contributed by atoms with Crippen molar-refractivity contribution in [1.29, 1.82) is 5.26 Å². The normalized spacial score (nSPS) is 24.6. The Morgan fingerprint density at radius 2 is 2.12 bits per heavy atom. The number of hydrogen-bond donors (Lipinski definition) is 0. The second-order valence-corrected chi connectivity index (χ2v) is 5.60. The summed E-state index contributed by atoms with van der Waals surface area (Å²) < 4.78 is 13.2. The molecule has 0 unspecified atom stereocenters. The van der Waals surface area contributed by atoms with Crippen LogP contribution in [0.2, 0.25) is 0 Å². The van der Waals surface area contributed by atoms with Crippen LogP contribution in [-0.4, -0.2) is 0 Å². The summed E-state index contributed by atoms with van der Waals surface area (Å²) in [5.74, 6) is 0.689. The Bertz CT molecular complexity index is 444. The van der Waals surface area contributed by atoms with Crippen LogP contribution in [0.15, 0.2) is 24.3 Å². The summed E-state index contributed by atoms with van der Waals surface area (Å²) in [4.78, 5) is 0. The fraction of sp³-hybridized carbons (Fsp3) is 0.533. The van der Waals surface area contributed by atoms with Crippen molar-refractivity contribution in [2.45, 2.75) is 39.0 Å². The lowest BCUT2D eigenvalue weighted by Crippen LogP contribution is -2.19. The van der Waals surface area contributed by atoms with Gasteiger partial charge < -0.3 is 0 Å². The van der Waals surface area contributed by atoms with Gasteiger partial charge in [-0.25, -0.2) is 4.39 Å². The molecule has 0 N–H and O–H groups in total. The lowest BCUT2D eigenvalue weighted by atomic mass is 9.78. The van der Waals surface area contributed by atoms with Gasteiger partial charge in [0, 0.05) is 0 Å². The Kier molecular flexibility index (Phi) is 3.19. The molecule has 90 valence electrons. The number of halogens is 1. The topological polar surface area (TPSA) is 23.8 Å². The van der Waals surface area contributed by atoms with Crippen LogP contribution in [0.25, 0.3) is 0 Å². The van der Waals surface area contributed by atoms with Crippen molar-refractivity contribution in [3.8, 4) is 6.07 Å². The first kappa shape index (κ1) is 12.1. The van der Waals surface area contributed by atoms with Gasteiger partial charge in [0.2, 0.25) is 0 Å². The molecular weight excluding hydrogens is 213 g/mol. The van der Waals surface area contributed by atoms with Gasteiger partial charge in [-0.15, -0.1) is 0 Å². The minimum absolute atomic E-state index is 0.162. The summed E-state index contributed by atoms with van der Waals surface area (Å²) in [5.41, 5.74) is 0.823. The van der Waals surface area contributed by atoms with E-state index in [-0.39, 0.29) is 11.2 Å². The summed E-state index contributed by atoms with van der Waals surface area (Å²) in [6.07, 6.45) is 3.14. The molecule has 17 heavy (non-hydrogen) atoms. The van der Waals surface area contributed by atoms with Gasteiger partial charge in [-0.3, -0.25) is 0 Å². The van der Waals surface area contributed by atoms with Crippen molar-refractivity contribution in [3.05, 3.63) is 35.6 Å². The van der Waals surface area contributed by atoms with E-state index in [1.165, 1.54) is 6.07 Å². The van der Waals surface area contributed by atoms with Gasteiger partial charge in [0.15, 0.2) is 0 Å². The molecule has 2 heteroatoms. The maximum atomic E-state index is 13.2. The van der Waals surface area contributed by atoms with E-state index in [0.29, 0.717) is 11.8 Å². The molecule has 1 aliphatic rings. The van der Waals surface area contributed by atoms with Crippen LogP contribution in [0.4, 0.5) is 4.39 Å². The lowest BCUT2D eigenvalue weighted by Gasteiger charge is -2.23. The number of nitrogens with zero attached hydrogens (tertiary/aromatic N) is 1. The highest BCUT2D eigenvalue weighted by molar-refractivity contribution is 5.22. The summed E-state index contributed by atoms with van der Waals surface area (Å²) in [5, 5.41) is 9.15. The smallest absolute Gasteiger partial charge is 0.123 e. The average Bonchev–Trinajstić information content (AvgIpc) is 2.79. The highest BCUT2D eigenvalue weighted by Crippen LogP contribution is 2.46. The minimum atomic E-state index is -0.262. The molecule has 1 nitrogen and oxygen atoms in total. The van der Waals surface area contributed by atoms with Crippen LogP contribution < -0.4 is 0 Å². The monoisotopic (exact) mass is 231 g/mol. The third kappa shape index (κ3) is 2.49. The van der Waals surface area contributed by atoms with Gasteiger partial charge >= 0.3 is 0 Å². The van der Waals surface area contributed by atoms with E-state index in [1.807, 2.05) is 19.9 Å². The van der Waals surface area contributed by atoms with Crippen molar-refractivity contribution in [1.82, 2.24) is 0 Å². The zero-order valence-electron chi connectivity index (χ0n) is 10.4. The Labute approximate surface area is 102 Å². The van der Waals surface area contributed by atoms with E-state index in [4.69, 9.17) is 5.26 Å². The highest BCUT2D eigenvalue weighted by Gasteiger charge is 2.36. The molecule has 1 aromatic rings. The molecule has 0 radical (unpaired) electrons. The van der Waals surface area contributed by atoms with Gasteiger partial charge in [0.25, 0.3) is 0 Å². The Morgan fingerprint density at radius 3 is 2.76 bits per heavy atom. The van der Waals surface area contributed by atoms with Crippen molar-refractivity contribution in [2.24, 2.45) is 11.3 Å². The molecule has 1 aromatic carbocycles. The Balaban J connectivity index is 2.11. The maximum absolute atomic E-state index is 13.2. The third-order valence-electron chi connectivity index (χ3n) is 4.06. The number of nitriles is 1. The van der Waals surface area contributed by atoms with Gasteiger partial charge in [0.1, 0.15) is 5.82 Å². The van der Waals surface area contributed by atoms with Crippen LogP contribution in [0, 0.1) is 28.5 Å². The first-order valence-corrected chi connectivity index (χ1v) is 6.19. The molecule has 0 saturated heterocycles. The SMILES string of the molecule is CC(C)(C#N)[C@H]1CC[C@@H](c2cccc(F)c2)C1. The van der Waals surface area contributed by atoms with Crippen LogP contribution in [0.3, 0.4) is 0 Å². The Hall–Kier alpha value is -1.36. The molecule has 2 atom stereocenters. The van der Waals surface area contributed by atoms with Crippen molar-refractivity contribution < 1.29 is 4.39 Å². The number of benzene rings is 1. The van der Waals surface area contributed by atoms with Crippen LogP contribution in [0.5, 0.6) is 0 Å².